The summed E-state index contributed by atoms with van der Waals surface area (Å²) >= 11 is 0. The average molecular weight is 352 g/mol. The summed E-state index contributed by atoms with van der Waals surface area (Å²) in [5.41, 5.74) is 2.39. The summed E-state index contributed by atoms with van der Waals surface area (Å²) in [5, 5.41) is 0. The standard InChI is InChI=1S/C21H28N4O/c1-16(2)24-13-10-22-21(24)18-7-5-11-23(14-18)15-20(26)25-12-9-17-6-3-4-8-19(17)25/h3-4,6,8,10,13,16,18H,5,7,9,11-12,14-15H2,1-2H3/t18-/m1/s1. The lowest BCUT2D eigenvalue weighted by molar-refractivity contribution is -0.119. The number of benzene rings is 1. The third kappa shape index (κ3) is 3.28. The van der Waals surface area contributed by atoms with Crippen LogP contribution >= 0.6 is 0 Å². The third-order valence-corrected chi connectivity index (χ3v) is 5.67. The van der Waals surface area contributed by atoms with Gasteiger partial charge in [-0.25, -0.2) is 4.98 Å². The zero-order valence-corrected chi connectivity index (χ0v) is 15.8. The van der Waals surface area contributed by atoms with Gasteiger partial charge in [0.25, 0.3) is 0 Å². The van der Waals surface area contributed by atoms with Crippen LogP contribution in [0.1, 0.15) is 50.0 Å². The van der Waals surface area contributed by atoms with E-state index in [4.69, 9.17) is 0 Å². The number of nitrogens with zero attached hydrogens (tertiary/aromatic N) is 4. The summed E-state index contributed by atoms with van der Waals surface area (Å²) < 4.78 is 2.27. The Morgan fingerprint density at radius 3 is 2.96 bits per heavy atom. The maximum absolute atomic E-state index is 12.9. The zero-order chi connectivity index (χ0) is 18.1. The number of piperidine rings is 1. The van der Waals surface area contributed by atoms with Crippen molar-refractivity contribution < 1.29 is 4.79 Å². The predicted octanol–water partition coefficient (Wildman–Crippen LogP) is 3.23. The molecule has 26 heavy (non-hydrogen) atoms. The molecule has 3 heterocycles. The van der Waals surface area contributed by atoms with Crippen molar-refractivity contribution in [1.82, 2.24) is 14.5 Å². The molecule has 2 aliphatic rings. The molecule has 1 aromatic heterocycles. The number of para-hydroxylation sites is 1. The summed E-state index contributed by atoms with van der Waals surface area (Å²) in [6.07, 6.45) is 7.22. The van der Waals surface area contributed by atoms with Gasteiger partial charge in [0, 0.05) is 43.1 Å². The molecule has 0 spiro atoms. The second kappa shape index (κ2) is 7.23. The molecule has 0 aliphatic carbocycles. The van der Waals surface area contributed by atoms with Crippen LogP contribution in [-0.2, 0) is 11.2 Å². The van der Waals surface area contributed by atoms with Crippen LogP contribution < -0.4 is 4.90 Å². The Bertz CT molecular complexity index is 782. The maximum Gasteiger partial charge on any atom is 0.241 e. The number of anilines is 1. The summed E-state index contributed by atoms with van der Waals surface area (Å²) in [5.74, 6) is 1.81. The van der Waals surface area contributed by atoms with Gasteiger partial charge in [0.1, 0.15) is 5.82 Å². The van der Waals surface area contributed by atoms with E-state index in [0.717, 1.165) is 44.6 Å². The van der Waals surface area contributed by atoms with E-state index in [2.05, 4.69) is 52.7 Å². The van der Waals surface area contributed by atoms with Gasteiger partial charge in [-0.05, 0) is 51.3 Å². The minimum Gasteiger partial charge on any atom is -0.332 e. The molecule has 0 unspecified atom stereocenters. The van der Waals surface area contributed by atoms with Gasteiger partial charge in [0.2, 0.25) is 5.91 Å². The lowest BCUT2D eigenvalue weighted by Crippen LogP contribution is -2.43. The first-order valence-electron chi connectivity index (χ1n) is 9.77. The summed E-state index contributed by atoms with van der Waals surface area (Å²) in [6, 6.07) is 8.70. The molecule has 0 bridgehead atoms. The molecule has 1 atom stereocenters. The van der Waals surface area contributed by atoms with Crippen LogP contribution in [0.5, 0.6) is 0 Å². The van der Waals surface area contributed by atoms with Crippen molar-refractivity contribution in [2.45, 2.75) is 45.1 Å². The summed E-state index contributed by atoms with van der Waals surface area (Å²) in [4.78, 5) is 21.8. The number of carbonyl (C=O) groups is 1. The summed E-state index contributed by atoms with van der Waals surface area (Å²) in [6.45, 7) is 7.63. The van der Waals surface area contributed by atoms with E-state index in [9.17, 15) is 4.79 Å². The molecule has 0 N–H and O–H groups in total. The van der Waals surface area contributed by atoms with Crippen LogP contribution in [0.25, 0.3) is 0 Å². The molecule has 5 heteroatoms. The number of aromatic nitrogens is 2. The van der Waals surface area contributed by atoms with Crippen LogP contribution in [0.4, 0.5) is 5.69 Å². The lowest BCUT2D eigenvalue weighted by atomic mass is 9.97. The van der Waals surface area contributed by atoms with Gasteiger partial charge in [-0.2, -0.15) is 0 Å². The van der Waals surface area contributed by atoms with Gasteiger partial charge in [0.15, 0.2) is 0 Å². The Morgan fingerprint density at radius 1 is 1.27 bits per heavy atom. The van der Waals surface area contributed by atoms with Crippen molar-refractivity contribution in [3.05, 3.63) is 48.0 Å². The highest BCUT2D eigenvalue weighted by Crippen LogP contribution is 2.29. The van der Waals surface area contributed by atoms with Gasteiger partial charge in [0.05, 0.1) is 6.54 Å². The molecule has 0 radical (unpaired) electrons. The lowest BCUT2D eigenvalue weighted by Gasteiger charge is -2.33. The average Bonchev–Trinajstić information content (AvgIpc) is 3.29. The molecule has 1 saturated heterocycles. The molecule has 1 fully saturated rings. The van der Waals surface area contributed by atoms with E-state index in [-0.39, 0.29) is 5.91 Å². The Labute approximate surface area is 155 Å². The Kier molecular flexibility index (Phi) is 4.81. The predicted molar refractivity (Wildman–Crippen MR) is 104 cm³/mol. The second-order valence-electron chi connectivity index (χ2n) is 7.78. The molecule has 1 aromatic carbocycles. The monoisotopic (exact) mass is 352 g/mol. The van der Waals surface area contributed by atoms with E-state index >= 15 is 0 Å². The Hall–Kier alpha value is -2.14. The molecule has 138 valence electrons. The molecule has 4 rings (SSSR count). The first-order valence-corrected chi connectivity index (χ1v) is 9.77. The number of carbonyl (C=O) groups excluding carboxylic acids is 1. The van der Waals surface area contributed by atoms with E-state index < -0.39 is 0 Å². The number of imidazole rings is 1. The number of hydrogen-bond donors (Lipinski definition) is 0. The van der Waals surface area contributed by atoms with Crippen molar-refractivity contribution in [1.29, 1.82) is 0 Å². The SMILES string of the molecule is CC(C)n1ccnc1[C@@H]1CCCN(CC(=O)N2CCc3ccccc32)C1. The van der Waals surface area contributed by atoms with Crippen LogP contribution in [0.3, 0.4) is 0 Å². The van der Waals surface area contributed by atoms with E-state index in [0.29, 0.717) is 18.5 Å². The van der Waals surface area contributed by atoms with Gasteiger partial charge >= 0.3 is 0 Å². The van der Waals surface area contributed by atoms with E-state index in [1.54, 1.807) is 0 Å². The van der Waals surface area contributed by atoms with Crippen molar-refractivity contribution in [3.63, 3.8) is 0 Å². The molecular weight excluding hydrogens is 324 g/mol. The van der Waals surface area contributed by atoms with Gasteiger partial charge in [-0.1, -0.05) is 18.2 Å². The van der Waals surface area contributed by atoms with Crippen molar-refractivity contribution >= 4 is 11.6 Å². The highest BCUT2D eigenvalue weighted by molar-refractivity contribution is 5.96. The van der Waals surface area contributed by atoms with Crippen molar-refractivity contribution in [2.24, 2.45) is 0 Å². The minimum atomic E-state index is 0.225. The maximum atomic E-state index is 12.9. The fourth-order valence-corrected chi connectivity index (χ4v) is 4.36. The first kappa shape index (κ1) is 17.3. The van der Waals surface area contributed by atoms with Crippen LogP contribution in [0.2, 0.25) is 0 Å². The van der Waals surface area contributed by atoms with Gasteiger partial charge < -0.3 is 9.47 Å². The highest BCUT2D eigenvalue weighted by Gasteiger charge is 2.29. The highest BCUT2D eigenvalue weighted by atomic mass is 16.2. The third-order valence-electron chi connectivity index (χ3n) is 5.67. The normalized spacial score (nSPS) is 20.6. The molecule has 0 saturated carbocycles. The van der Waals surface area contributed by atoms with Crippen molar-refractivity contribution in [2.75, 3.05) is 31.1 Å². The summed E-state index contributed by atoms with van der Waals surface area (Å²) in [7, 11) is 0. The topological polar surface area (TPSA) is 41.4 Å². The molecular formula is C21H28N4O. The Morgan fingerprint density at radius 2 is 2.12 bits per heavy atom. The number of likely N-dealkylation sites (tertiary alicyclic amines) is 1. The van der Waals surface area contributed by atoms with Crippen LogP contribution in [0.15, 0.2) is 36.7 Å². The molecule has 5 nitrogen and oxygen atoms in total. The second-order valence-corrected chi connectivity index (χ2v) is 7.78. The number of hydrogen-bond acceptors (Lipinski definition) is 3. The minimum absolute atomic E-state index is 0.225. The van der Waals surface area contributed by atoms with Crippen LogP contribution in [0, 0.1) is 0 Å². The molecule has 2 aliphatic heterocycles. The van der Waals surface area contributed by atoms with Crippen LogP contribution in [-0.4, -0.2) is 46.5 Å². The van der Waals surface area contributed by atoms with Gasteiger partial charge in [-0.3, -0.25) is 9.69 Å². The number of rotatable bonds is 4. The zero-order valence-electron chi connectivity index (χ0n) is 15.8. The van der Waals surface area contributed by atoms with Gasteiger partial charge in [-0.15, -0.1) is 0 Å². The first-order chi connectivity index (χ1) is 12.6. The smallest absolute Gasteiger partial charge is 0.241 e. The largest absolute Gasteiger partial charge is 0.332 e. The number of fused-ring (bicyclic) bond motifs is 1. The quantitative estimate of drug-likeness (QED) is 0.848. The fraction of sp³-hybridized carbons (Fsp3) is 0.524. The van der Waals surface area contributed by atoms with E-state index in [1.165, 1.54) is 11.4 Å². The molecule has 1 amide bonds. The van der Waals surface area contributed by atoms with Crippen molar-refractivity contribution in [3.8, 4) is 0 Å². The Balaban J connectivity index is 1.43. The fourth-order valence-electron chi connectivity index (χ4n) is 4.36. The van der Waals surface area contributed by atoms with E-state index in [1.807, 2.05) is 17.2 Å². The number of amides is 1. The molecule has 2 aromatic rings.